The summed E-state index contributed by atoms with van der Waals surface area (Å²) in [7, 11) is -9.86. The van der Waals surface area contributed by atoms with E-state index in [2.05, 4.69) is 9.68 Å². The van der Waals surface area contributed by atoms with Gasteiger partial charge in [0, 0.05) is 0 Å². The summed E-state index contributed by atoms with van der Waals surface area (Å²) in [6, 6.07) is -1.68. The van der Waals surface area contributed by atoms with Crippen LogP contribution in [-0.4, -0.2) is 88.2 Å². The maximum absolute atomic E-state index is 11.9. The molecular weight excluding hydrogens is 486 g/mol. The van der Waals surface area contributed by atoms with Gasteiger partial charge in [-0.1, -0.05) is 0 Å². The van der Waals surface area contributed by atoms with Crippen molar-refractivity contribution in [3.63, 3.8) is 0 Å². The Bertz CT molecular complexity index is 1100. The number of nitrogens with two attached hydrogens (primary N) is 1. The van der Waals surface area contributed by atoms with Gasteiger partial charge >= 0.3 is 11.9 Å². The number of nitrogens with zero attached hydrogens (tertiary/aromatic N) is 2. The molecule has 0 aromatic heterocycles. The Kier molecular flexibility index (Phi) is 6.99. The second-order valence-electron chi connectivity index (χ2n) is 6.49. The topological polar surface area (TPSA) is 262 Å². The normalized spacial score (nSPS) is 23.0. The van der Waals surface area contributed by atoms with Crippen molar-refractivity contribution >= 4 is 55.8 Å². The Morgan fingerprint density at radius 1 is 0.906 bits per heavy atom. The van der Waals surface area contributed by atoms with Crippen LogP contribution in [0.15, 0.2) is 0 Å². The zero-order valence-electron chi connectivity index (χ0n) is 15.6. The minimum absolute atomic E-state index is 0.165. The summed E-state index contributed by atoms with van der Waals surface area (Å²) in [6.07, 6.45) is -3.25. The molecule has 0 aromatic carbocycles. The number of carbonyl (C=O) groups excluding carboxylic acids is 6. The molecule has 3 unspecified atom stereocenters. The van der Waals surface area contributed by atoms with Crippen LogP contribution >= 0.6 is 0 Å². The molecule has 2 rings (SSSR count). The average Bonchev–Trinajstić information content (AvgIpc) is 3.10. The molecule has 4 N–H and O–H groups in total. The molecule has 0 bridgehead atoms. The number of imide groups is 2. The molecule has 0 saturated carbocycles. The highest BCUT2D eigenvalue weighted by molar-refractivity contribution is 7.87. The molecule has 0 aliphatic carbocycles. The van der Waals surface area contributed by atoms with Gasteiger partial charge in [-0.25, -0.2) is 9.59 Å². The monoisotopic (exact) mass is 501 g/mol. The summed E-state index contributed by atoms with van der Waals surface area (Å²) in [6.45, 7) is 0. The van der Waals surface area contributed by atoms with Gasteiger partial charge in [0.1, 0.15) is 6.04 Å². The number of hydroxylamine groups is 4. The third kappa shape index (κ3) is 5.43. The molecule has 0 spiro atoms. The van der Waals surface area contributed by atoms with E-state index in [0.29, 0.717) is 0 Å². The smallest absolute Gasteiger partial charge is 0.330 e. The largest absolute Gasteiger partial charge is 0.349 e. The Labute approximate surface area is 178 Å². The second-order valence-corrected chi connectivity index (χ2v) is 9.68. The third-order valence-corrected chi connectivity index (χ3v) is 6.35. The lowest BCUT2D eigenvalue weighted by atomic mass is 10.2. The molecule has 2 fully saturated rings. The van der Waals surface area contributed by atoms with Gasteiger partial charge in [-0.2, -0.15) is 16.8 Å². The van der Waals surface area contributed by atoms with Gasteiger partial charge < -0.3 is 15.4 Å². The summed E-state index contributed by atoms with van der Waals surface area (Å²) in [5.74, 6) is -8.28. The molecule has 19 heteroatoms. The van der Waals surface area contributed by atoms with E-state index in [4.69, 9.17) is 14.8 Å². The number of hydrogen-bond donors (Lipinski definition) is 3. The molecule has 0 aromatic rings. The first kappa shape index (κ1) is 25.3. The first-order chi connectivity index (χ1) is 14.5. The van der Waals surface area contributed by atoms with Crippen molar-refractivity contribution in [3.8, 4) is 0 Å². The Morgan fingerprint density at radius 2 is 1.31 bits per heavy atom. The highest BCUT2D eigenvalue weighted by Crippen LogP contribution is 2.21. The lowest BCUT2D eigenvalue weighted by Gasteiger charge is -2.17. The summed E-state index contributed by atoms with van der Waals surface area (Å²) >= 11 is 0. The fraction of sp³-hybridized carbons (Fsp3) is 0.538. The molecule has 2 saturated heterocycles. The molecule has 3 atom stereocenters. The Morgan fingerprint density at radius 3 is 1.69 bits per heavy atom. The number of hydrogen-bond acceptors (Lipinski definition) is 13. The highest BCUT2D eigenvalue weighted by atomic mass is 32.2. The van der Waals surface area contributed by atoms with Gasteiger partial charge in [-0.05, 0) is 6.42 Å². The quantitative estimate of drug-likeness (QED) is 0.211. The fourth-order valence-corrected chi connectivity index (χ4v) is 3.93. The zero-order valence-corrected chi connectivity index (χ0v) is 17.3. The van der Waals surface area contributed by atoms with Crippen LogP contribution in [0.3, 0.4) is 0 Å². The van der Waals surface area contributed by atoms with Crippen molar-refractivity contribution in [2.24, 2.45) is 5.73 Å². The van der Waals surface area contributed by atoms with E-state index in [1.807, 2.05) is 0 Å². The van der Waals surface area contributed by atoms with Crippen LogP contribution < -0.4 is 5.73 Å². The lowest BCUT2D eigenvalue weighted by Crippen LogP contribution is -2.42. The van der Waals surface area contributed by atoms with E-state index in [1.165, 1.54) is 0 Å². The first-order valence-electron chi connectivity index (χ1n) is 8.38. The molecule has 178 valence electrons. The maximum Gasteiger partial charge on any atom is 0.349 e. The predicted molar refractivity (Wildman–Crippen MR) is 93.0 cm³/mol. The first-order valence-corrected chi connectivity index (χ1v) is 11.4. The number of carbonyl (C=O) groups is 6. The predicted octanol–water partition coefficient (Wildman–Crippen LogP) is -3.96. The van der Waals surface area contributed by atoms with Gasteiger partial charge in [-0.15, -0.1) is 10.1 Å². The van der Waals surface area contributed by atoms with Gasteiger partial charge in [-0.3, -0.25) is 28.3 Å². The van der Waals surface area contributed by atoms with Gasteiger partial charge in [0.05, 0.1) is 19.3 Å². The minimum atomic E-state index is -4.94. The van der Waals surface area contributed by atoms with Crippen LogP contribution in [0.4, 0.5) is 0 Å². The number of amides is 4. The van der Waals surface area contributed by atoms with Crippen molar-refractivity contribution < 1.29 is 64.4 Å². The average molecular weight is 501 g/mol. The van der Waals surface area contributed by atoms with Gasteiger partial charge in [0.15, 0.2) is 10.5 Å². The minimum Gasteiger partial charge on any atom is -0.330 e. The van der Waals surface area contributed by atoms with Crippen LogP contribution in [0, 0.1) is 0 Å². The molecule has 2 aliphatic rings. The van der Waals surface area contributed by atoms with Crippen LogP contribution in [-0.2, 0) is 58.7 Å². The molecule has 32 heavy (non-hydrogen) atoms. The molecular formula is C13H15N3O14S2. The van der Waals surface area contributed by atoms with Crippen molar-refractivity contribution in [1.29, 1.82) is 0 Å². The molecule has 4 amide bonds. The van der Waals surface area contributed by atoms with E-state index >= 15 is 0 Å². The molecule has 17 nitrogen and oxygen atoms in total. The van der Waals surface area contributed by atoms with Crippen LogP contribution in [0.5, 0.6) is 0 Å². The van der Waals surface area contributed by atoms with Crippen molar-refractivity contribution in [2.45, 2.75) is 42.2 Å². The third-order valence-electron chi connectivity index (χ3n) is 4.18. The maximum atomic E-state index is 11.9. The van der Waals surface area contributed by atoms with E-state index in [-0.39, 0.29) is 10.1 Å². The zero-order chi connectivity index (χ0) is 24.6. The molecule has 2 heterocycles. The van der Waals surface area contributed by atoms with Gasteiger partial charge in [0.2, 0.25) is 0 Å². The summed E-state index contributed by atoms with van der Waals surface area (Å²) < 4.78 is 61.9. The summed E-state index contributed by atoms with van der Waals surface area (Å²) in [5, 5.41) is -4.66. The van der Waals surface area contributed by atoms with Gasteiger partial charge in [0.25, 0.3) is 43.9 Å². The Balaban J connectivity index is 1.89. The van der Waals surface area contributed by atoms with Crippen molar-refractivity contribution in [2.75, 3.05) is 0 Å². The highest BCUT2D eigenvalue weighted by Gasteiger charge is 2.49. The SMILES string of the molecule is NC(CCC(=O)ON1C(=O)CC(S(=O)(=O)O)C1=O)C(=O)ON1C(=O)CC(S(=O)(=O)O)C1=O. The number of rotatable bonds is 8. The van der Waals surface area contributed by atoms with E-state index in [0.717, 1.165) is 0 Å². The summed E-state index contributed by atoms with van der Waals surface area (Å²) in [5.41, 5.74) is 5.44. The lowest BCUT2D eigenvalue weighted by molar-refractivity contribution is -0.200. The van der Waals surface area contributed by atoms with Crippen LogP contribution in [0.25, 0.3) is 0 Å². The summed E-state index contributed by atoms with van der Waals surface area (Å²) in [4.78, 5) is 79.2. The van der Waals surface area contributed by atoms with E-state index in [1.54, 1.807) is 0 Å². The van der Waals surface area contributed by atoms with E-state index < -0.39 is 98.0 Å². The second kappa shape index (κ2) is 8.86. The van der Waals surface area contributed by atoms with E-state index in [9.17, 15) is 45.6 Å². The molecule has 2 aliphatic heterocycles. The molecule has 0 radical (unpaired) electrons. The Hall–Kier alpha value is -3.00. The fourth-order valence-electron chi connectivity index (χ4n) is 2.52. The van der Waals surface area contributed by atoms with Crippen molar-refractivity contribution in [3.05, 3.63) is 0 Å². The standard InChI is InChI=1S/C13H15N3O14S2/c14-5(13(22)30-16-9(18)4-7(12(16)21)32(26,27)28)1-2-10(19)29-15-8(17)3-6(11(15)20)31(23,24)25/h5-7H,1-4,14H2,(H,23,24,25)(H,26,27,28). The van der Waals surface area contributed by atoms with Crippen molar-refractivity contribution in [1.82, 2.24) is 10.1 Å². The van der Waals surface area contributed by atoms with Crippen LogP contribution in [0.2, 0.25) is 0 Å². The van der Waals surface area contributed by atoms with Crippen LogP contribution in [0.1, 0.15) is 25.7 Å².